The summed E-state index contributed by atoms with van der Waals surface area (Å²) in [5.74, 6) is 0. The fraction of sp³-hybridized carbons (Fsp3) is 0.200. The van der Waals surface area contributed by atoms with Crippen molar-refractivity contribution in [1.29, 1.82) is 0 Å². The summed E-state index contributed by atoms with van der Waals surface area (Å²) in [5, 5.41) is 7.48. The van der Waals surface area contributed by atoms with Crippen molar-refractivity contribution in [1.82, 2.24) is 4.57 Å². The lowest BCUT2D eigenvalue weighted by molar-refractivity contribution is 0.827. The Morgan fingerprint density at radius 2 is 1.31 bits per heavy atom. The molecule has 0 saturated heterocycles. The van der Waals surface area contributed by atoms with Crippen molar-refractivity contribution in [3.8, 4) is 0 Å². The maximum absolute atomic E-state index is 2.55. The molecule has 32 heavy (non-hydrogen) atoms. The Morgan fingerprint density at radius 3 is 1.97 bits per heavy atom. The molecule has 6 rings (SSSR count). The Hall–Kier alpha value is -3.10. The van der Waals surface area contributed by atoms with Gasteiger partial charge in [-0.05, 0) is 57.7 Å². The normalized spacial score (nSPS) is 14.6. The number of para-hydroxylation sites is 1. The van der Waals surface area contributed by atoms with Crippen molar-refractivity contribution >= 4 is 45.4 Å². The number of aromatic nitrogens is 1. The van der Waals surface area contributed by atoms with E-state index in [2.05, 4.69) is 116 Å². The number of hydrogen-bond donors (Lipinski definition) is 0. The van der Waals surface area contributed by atoms with Gasteiger partial charge in [0.25, 0.3) is 0 Å². The molecule has 0 N–H and O–H groups in total. The molecule has 1 aromatic heterocycles. The van der Waals surface area contributed by atoms with Crippen LogP contribution in [-0.2, 0) is 13.0 Å². The number of nitrogens with zero attached hydrogens (tertiary/aromatic N) is 1. The minimum absolute atomic E-state index is 0.557. The number of benzene rings is 4. The van der Waals surface area contributed by atoms with E-state index in [0.29, 0.717) is 5.54 Å². The van der Waals surface area contributed by atoms with Gasteiger partial charge < -0.3 is 4.57 Å². The van der Waals surface area contributed by atoms with Crippen LogP contribution in [0.15, 0.2) is 91.0 Å². The fourth-order valence-electron chi connectivity index (χ4n) is 6.37. The third-order valence-electron chi connectivity index (χ3n) is 7.68. The summed E-state index contributed by atoms with van der Waals surface area (Å²) in [7, 11) is -2.19. The van der Waals surface area contributed by atoms with Crippen LogP contribution < -0.4 is 15.6 Å². The maximum atomic E-state index is 2.55. The lowest BCUT2D eigenvalue weighted by Gasteiger charge is -2.43. The van der Waals surface area contributed by atoms with Crippen LogP contribution in [0.25, 0.3) is 21.8 Å². The summed E-state index contributed by atoms with van der Waals surface area (Å²) in [6.45, 7) is 8.14. The Labute approximate surface area is 191 Å². The van der Waals surface area contributed by atoms with Crippen LogP contribution in [0.4, 0.5) is 0 Å². The highest BCUT2D eigenvalue weighted by Gasteiger charge is 2.47. The van der Waals surface area contributed by atoms with Gasteiger partial charge in [0.2, 0.25) is 0 Å². The average Bonchev–Trinajstić information content (AvgIpc) is 3.15. The SMILES string of the molecule is CCn1c2ccccc2c2ccc([Si]3(C(C)C)c4ccccc4Cc4ccccc43)cc21. The second-order valence-corrected chi connectivity index (χ2v) is 13.9. The Bertz CT molecular complexity index is 1430. The number of rotatable bonds is 3. The van der Waals surface area contributed by atoms with E-state index in [1.807, 2.05) is 0 Å². The van der Waals surface area contributed by atoms with Gasteiger partial charge in [0.1, 0.15) is 0 Å². The zero-order valence-electron chi connectivity index (χ0n) is 19.1. The predicted octanol–water partition coefficient (Wildman–Crippen LogP) is 5.60. The van der Waals surface area contributed by atoms with Crippen LogP contribution in [0.3, 0.4) is 0 Å². The van der Waals surface area contributed by atoms with Gasteiger partial charge in [-0.2, -0.15) is 0 Å². The molecule has 1 nitrogen and oxygen atoms in total. The van der Waals surface area contributed by atoms with E-state index in [0.717, 1.165) is 13.0 Å². The first-order valence-corrected chi connectivity index (χ1v) is 13.9. The minimum atomic E-state index is -2.19. The monoisotopic (exact) mass is 431 g/mol. The molecule has 5 aromatic rings. The summed E-state index contributed by atoms with van der Waals surface area (Å²) in [6, 6.07) is 34.7. The molecule has 0 aliphatic carbocycles. The van der Waals surface area contributed by atoms with E-state index < -0.39 is 8.07 Å². The fourth-order valence-corrected chi connectivity index (χ4v) is 12.0. The van der Waals surface area contributed by atoms with Crippen LogP contribution in [0, 0.1) is 0 Å². The quantitative estimate of drug-likeness (QED) is 0.328. The molecular formula is C30H29NSi. The van der Waals surface area contributed by atoms with Gasteiger partial charge in [0, 0.05) is 28.4 Å². The highest BCUT2D eigenvalue weighted by molar-refractivity contribution is 7.13. The molecule has 1 aliphatic heterocycles. The number of fused-ring (bicyclic) bond motifs is 5. The first kappa shape index (κ1) is 19.6. The number of aryl methyl sites for hydroxylation is 1. The summed E-state index contributed by atoms with van der Waals surface area (Å²) in [5.41, 5.74) is 6.30. The maximum Gasteiger partial charge on any atom is 0.151 e. The van der Waals surface area contributed by atoms with Gasteiger partial charge >= 0.3 is 0 Å². The lowest BCUT2D eigenvalue weighted by Crippen LogP contribution is -2.72. The van der Waals surface area contributed by atoms with E-state index in [9.17, 15) is 0 Å². The van der Waals surface area contributed by atoms with Crippen molar-refractivity contribution < 1.29 is 0 Å². The molecule has 0 spiro atoms. The molecule has 0 bridgehead atoms. The van der Waals surface area contributed by atoms with E-state index in [1.54, 1.807) is 10.4 Å². The van der Waals surface area contributed by atoms with E-state index in [4.69, 9.17) is 0 Å². The van der Waals surface area contributed by atoms with Gasteiger partial charge in [-0.25, -0.2) is 0 Å². The topological polar surface area (TPSA) is 4.93 Å². The first-order chi connectivity index (χ1) is 15.7. The van der Waals surface area contributed by atoms with Crippen LogP contribution in [-0.4, -0.2) is 12.6 Å². The third-order valence-corrected chi connectivity index (χ3v) is 13.3. The summed E-state index contributed by atoms with van der Waals surface area (Å²) in [6.07, 6.45) is 1.05. The molecule has 4 aromatic carbocycles. The molecule has 0 saturated carbocycles. The minimum Gasteiger partial charge on any atom is -0.341 e. The highest BCUT2D eigenvalue weighted by atomic mass is 28.3. The number of hydrogen-bond acceptors (Lipinski definition) is 0. The molecule has 0 radical (unpaired) electrons. The largest absolute Gasteiger partial charge is 0.341 e. The molecule has 0 amide bonds. The van der Waals surface area contributed by atoms with Gasteiger partial charge in [0.05, 0.1) is 0 Å². The predicted molar refractivity (Wildman–Crippen MR) is 141 cm³/mol. The average molecular weight is 432 g/mol. The van der Waals surface area contributed by atoms with E-state index in [-0.39, 0.29) is 0 Å². The molecule has 1 aliphatic rings. The summed E-state index contributed by atoms with van der Waals surface area (Å²) >= 11 is 0. The zero-order chi connectivity index (χ0) is 21.9. The Balaban J connectivity index is 1.74. The van der Waals surface area contributed by atoms with Crippen molar-refractivity contribution in [2.45, 2.75) is 39.3 Å². The van der Waals surface area contributed by atoms with Gasteiger partial charge in [0.15, 0.2) is 8.07 Å². The van der Waals surface area contributed by atoms with Crippen molar-refractivity contribution in [3.05, 3.63) is 102 Å². The van der Waals surface area contributed by atoms with Gasteiger partial charge in [-0.15, -0.1) is 0 Å². The van der Waals surface area contributed by atoms with Gasteiger partial charge in [-0.1, -0.05) is 92.7 Å². The highest BCUT2D eigenvalue weighted by Crippen LogP contribution is 2.32. The van der Waals surface area contributed by atoms with Crippen LogP contribution in [0.5, 0.6) is 0 Å². The molecule has 0 atom stereocenters. The smallest absolute Gasteiger partial charge is 0.151 e. The standard InChI is InChI=1S/C30H29NSi/c1-4-31-27-14-8-7-13-25(27)26-18-17-24(20-28(26)31)32(21(2)3)29-15-9-5-11-22(29)19-23-12-6-10-16-30(23)32/h5-18,20-21H,4,19H2,1-3H3. The van der Waals surface area contributed by atoms with Crippen LogP contribution in [0.1, 0.15) is 31.9 Å². The molecular weight excluding hydrogens is 402 g/mol. The second-order valence-electron chi connectivity index (χ2n) is 9.45. The first-order valence-electron chi connectivity index (χ1n) is 11.8. The van der Waals surface area contributed by atoms with Crippen molar-refractivity contribution in [2.75, 3.05) is 0 Å². The second kappa shape index (κ2) is 7.21. The lowest BCUT2D eigenvalue weighted by atomic mass is 10.0. The third kappa shape index (κ3) is 2.50. The zero-order valence-corrected chi connectivity index (χ0v) is 20.1. The summed E-state index contributed by atoms with van der Waals surface area (Å²) in [4.78, 5) is 0. The molecule has 0 unspecified atom stereocenters. The molecule has 2 heteroatoms. The molecule has 2 heterocycles. The van der Waals surface area contributed by atoms with Crippen LogP contribution >= 0.6 is 0 Å². The van der Waals surface area contributed by atoms with E-state index >= 15 is 0 Å². The van der Waals surface area contributed by atoms with Gasteiger partial charge in [-0.3, -0.25) is 0 Å². The molecule has 0 fully saturated rings. The van der Waals surface area contributed by atoms with Crippen molar-refractivity contribution in [2.24, 2.45) is 0 Å². The Morgan fingerprint density at radius 1 is 0.719 bits per heavy atom. The molecule has 158 valence electrons. The van der Waals surface area contributed by atoms with Crippen LogP contribution in [0.2, 0.25) is 5.54 Å². The Kier molecular flexibility index (Phi) is 4.41. The van der Waals surface area contributed by atoms with Crippen molar-refractivity contribution in [3.63, 3.8) is 0 Å². The van der Waals surface area contributed by atoms with E-state index in [1.165, 1.54) is 38.1 Å². The summed E-state index contributed by atoms with van der Waals surface area (Å²) < 4.78 is 2.50.